The SMILES string of the molecule is Clc1ccc2nc(N3CCCC(C4CCCN4)C3)nn2c1. The molecule has 0 bridgehead atoms. The van der Waals surface area contributed by atoms with Gasteiger partial charge in [0.05, 0.1) is 5.02 Å². The van der Waals surface area contributed by atoms with Gasteiger partial charge in [0.25, 0.3) is 0 Å². The van der Waals surface area contributed by atoms with Crippen molar-refractivity contribution in [2.75, 3.05) is 24.5 Å². The molecule has 0 aromatic carbocycles. The second-order valence-corrected chi connectivity index (χ2v) is 6.55. The standard InChI is InChI=1S/C15H20ClN5/c16-12-5-6-14-18-15(19-21(14)10-12)20-8-2-3-11(9-20)13-4-1-7-17-13/h5-6,10-11,13,17H,1-4,7-9H2. The summed E-state index contributed by atoms with van der Waals surface area (Å²) in [6.07, 6.45) is 6.97. The van der Waals surface area contributed by atoms with Gasteiger partial charge in [-0.3, -0.25) is 0 Å². The third-order valence-electron chi connectivity index (χ3n) is 4.69. The zero-order valence-corrected chi connectivity index (χ0v) is 12.8. The number of aromatic nitrogens is 3. The topological polar surface area (TPSA) is 45.5 Å². The van der Waals surface area contributed by atoms with E-state index in [1.807, 2.05) is 18.3 Å². The van der Waals surface area contributed by atoms with Crippen LogP contribution in [-0.2, 0) is 0 Å². The minimum Gasteiger partial charge on any atom is -0.339 e. The van der Waals surface area contributed by atoms with Crippen LogP contribution in [0.25, 0.3) is 5.65 Å². The van der Waals surface area contributed by atoms with E-state index in [1.54, 1.807) is 4.52 Å². The van der Waals surface area contributed by atoms with Gasteiger partial charge in [-0.05, 0) is 50.3 Å². The molecule has 2 aliphatic heterocycles. The quantitative estimate of drug-likeness (QED) is 0.925. The van der Waals surface area contributed by atoms with E-state index in [0.29, 0.717) is 11.1 Å². The minimum atomic E-state index is 0.680. The van der Waals surface area contributed by atoms with Crippen LogP contribution in [0.2, 0.25) is 5.02 Å². The molecule has 2 aromatic rings. The monoisotopic (exact) mass is 305 g/mol. The second-order valence-electron chi connectivity index (χ2n) is 6.11. The lowest BCUT2D eigenvalue weighted by Gasteiger charge is -2.35. The lowest BCUT2D eigenvalue weighted by atomic mass is 9.90. The van der Waals surface area contributed by atoms with Crippen LogP contribution in [0, 0.1) is 5.92 Å². The van der Waals surface area contributed by atoms with Crippen LogP contribution >= 0.6 is 11.6 Å². The molecule has 4 heterocycles. The molecule has 0 saturated carbocycles. The first-order valence-corrected chi connectivity index (χ1v) is 8.18. The van der Waals surface area contributed by atoms with Crippen molar-refractivity contribution in [2.45, 2.75) is 31.7 Å². The summed E-state index contributed by atoms with van der Waals surface area (Å²) in [5.41, 5.74) is 0.857. The van der Waals surface area contributed by atoms with Crippen LogP contribution in [0.4, 0.5) is 5.95 Å². The number of anilines is 1. The van der Waals surface area contributed by atoms with Gasteiger partial charge in [0.2, 0.25) is 5.95 Å². The third-order valence-corrected chi connectivity index (χ3v) is 4.92. The Hall–Kier alpha value is -1.33. The fourth-order valence-electron chi connectivity index (χ4n) is 3.61. The van der Waals surface area contributed by atoms with Crippen molar-refractivity contribution < 1.29 is 0 Å². The maximum absolute atomic E-state index is 6.01. The lowest BCUT2D eigenvalue weighted by Crippen LogP contribution is -2.44. The molecule has 112 valence electrons. The van der Waals surface area contributed by atoms with Gasteiger partial charge in [-0.25, -0.2) is 4.52 Å². The largest absolute Gasteiger partial charge is 0.339 e. The number of fused-ring (bicyclic) bond motifs is 1. The summed E-state index contributed by atoms with van der Waals surface area (Å²) >= 11 is 6.01. The van der Waals surface area contributed by atoms with Crippen molar-refractivity contribution in [3.63, 3.8) is 0 Å². The Labute approximate surface area is 129 Å². The molecule has 0 radical (unpaired) electrons. The summed E-state index contributed by atoms with van der Waals surface area (Å²) < 4.78 is 1.77. The van der Waals surface area contributed by atoms with Crippen LogP contribution < -0.4 is 10.2 Å². The molecular weight excluding hydrogens is 286 g/mol. The van der Waals surface area contributed by atoms with Crippen LogP contribution in [-0.4, -0.2) is 40.3 Å². The number of hydrogen-bond donors (Lipinski definition) is 1. The molecule has 2 aliphatic rings. The molecule has 21 heavy (non-hydrogen) atoms. The van der Waals surface area contributed by atoms with E-state index in [-0.39, 0.29) is 0 Å². The van der Waals surface area contributed by atoms with E-state index < -0.39 is 0 Å². The Morgan fingerprint density at radius 1 is 1.24 bits per heavy atom. The van der Waals surface area contributed by atoms with Crippen molar-refractivity contribution in [1.82, 2.24) is 19.9 Å². The first kappa shape index (κ1) is 13.3. The molecule has 0 amide bonds. The number of nitrogens with one attached hydrogen (secondary N) is 1. The third kappa shape index (κ3) is 2.60. The Bertz CT molecular complexity index is 634. The number of nitrogens with zero attached hydrogens (tertiary/aromatic N) is 4. The summed E-state index contributed by atoms with van der Waals surface area (Å²) in [6, 6.07) is 4.45. The first-order chi connectivity index (χ1) is 10.3. The van der Waals surface area contributed by atoms with Gasteiger partial charge < -0.3 is 10.2 Å². The van der Waals surface area contributed by atoms with E-state index in [1.165, 1.54) is 32.2 Å². The predicted molar refractivity (Wildman–Crippen MR) is 84.0 cm³/mol. The summed E-state index contributed by atoms with van der Waals surface area (Å²) in [7, 11) is 0. The van der Waals surface area contributed by atoms with E-state index in [4.69, 9.17) is 11.6 Å². The molecule has 0 aliphatic carbocycles. The van der Waals surface area contributed by atoms with Gasteiger partial charge in [-0.15, -0.1) is 5.10 Å². The van der Waals surface area contributed by atoms with Crippen LogP contribution in [0.5, 0.6) is 0 Å². The van der Waals surface area contributed by atoms with Crippen LogP contribution in [0.1, 0.15) is 25.7 Å². The number of rotatable bonds is 2. The second kappa shape index (κ2) is 5.46. The molecule has 2 aromatic heterocycles. The Morgan fingerprint density at radius 2 is 2.19 bits per heavy atom. The Balaban J connectivity index is 1.56. The Morgan fingerprint density at radius 3 is 3.05 bits per heavy atom. The number of hydrogen-bond acceptors (Lipinski definition) is 4. The molecule has 5 nitrogen and oxygen atoms in total. The maximum atomic E-state index is 6.01. The number of pyridine rings is 1. The highest BCUT2D eigenvalue weighted by molar-refractivity contribution is 6.30. The van der Waals surface area contributed by atoms with Gasteiger partial charge in [0.1, 0.15) is 0 Å². The van der Waals surface area contributed by atoms with Gasteiger partial charge in [0, 0.05) is 25.3 Å². The number of piperidine rings is 1. The highest BCUT2D eigenvalue weighted by Crippen LogP contribution is 2.27. The zero-order valence-electron chi connectivity index (χ0n) is 12.0. The van der Waals surface area contributed by atoms with E-state index in [2.05, 4.69) is 20.3 Å². The maximum Gasteiger partial charge on any atom is 0.245 e. The summed E-state index contributed by atoms with van der Waals surface area (Å²) in [4.78, 5) is 6.97. The molecule has 2 unspecified atom stereocenters. The van der Waals surface area contributed by atoms with Crippen LogP contribution in [0.3, 0.4) is 0 Å². The van der Waals surface area contributed by atoms with Gasteiger partial charge in [-0.2, -0.15) is 4.98 Å². The average Bonchev–Trinajstić information content (AvgIpc) is 3.16. The van der Waals surface area contributed by atoms with Crippen molar-refractivity contribution in [2.24, 2.45) is 5.92 Å². The minimum absolute atomic E-state index is 0.680. The zero-order chi connectivity index (χ0) is 14.2. The van der Waals surface area contributed by atoms with E-state index >= 15 is 0 Å². The highest BCUT2D eigenvalue weighted by atomic mass is 35.5. The number of halogens is 1. The molecule has 1 N–H and O–H groups in total. The van der Waals surface area contributed by atoms with Gasteiger partial charge >= 0.3 is 0 Å². The average molecular weight is 306 g/mol. The van der Waals surface area contributed by atoms with Crippen molar-refractivity contribution in [3.05, 3.63) is 23.4 Å². The lowest BCUT2D eigenvalue weighted by molar-refractivity contribution is 0.327. The highest BCUT2D eigenvalue weighted by Gasteiger charge is 2.30. The molecule has 2 fully saturated rings. The molecule has 0 spiro atoms. The van der Waals surface area contributed by atoms with Gasteiger partial charge in [0.15, 0.2) is 5.65 Å². The summed E-state index contributed by atoms with van der Waals surface area (Å²) in [5, 5.41) is 8.91. The smallest absolute Gasteiger partial charge is 0.245 e. The molecule has 6 heteroatoms. The first-order valence-electron chi connectivity index (χ1n) is 7.80. The van der Waals surface area contributed by atoms with Crippen molar-refractivity contribution in [3.8, 4) is 0 Å². The van der Waals surface area contributed by atoms with Crippen LogP contribution in [0.15, 0.2) is 18.3 Å². The molecule has 2 atom stereocenters. The fraction of sp³-hybridized carbons (Fsp3) is 0.600. The van der Waals surface area contributed by atoms with Crippen molar-refractivity contribution >= 4 is 23.2 Å². The van der Waals surface area contributed by atoms with E-state index in [9.17, 15) is 0 Å². The fourth-order valence-corrected chi connectivity index (χ4v) is 3.77. The van der Waals surface area contributed by atoms with Crippen molar-refractivity contribution in [1.29, 1.82) is 0 Å². The van der Waals surface area contributed by atoms with Gasteiger partial charge in [-0.1, -0.05) is 11.6 Å². The normalized spacial score (nSPS) is 26.6. The molecular formula is C15H20ClN5. The molecule has 4 rings (SSSR count). The Kier molecular flexibility index (Phi) is 3.47. The van der Waals surface area contributed by atoms with E-state index in [0.717, 1.165) is 30.6 Å². The summed E-state index contributed by atoms with van der Waals surface area (Å²) in [6.45, 7) is 3.28. The predicted octanol–water partition coefficient (Wildman–Crippen LogP) is 2.35. The molecule has 2 saturated heterocycles. The summed E-state index contributed by atoms with van der Waals surface area (Å²) in [5.74, 6) is 1.55.